The van der Waals surface area contributed by atoms with Crippen molar-refractivity contribution in [1.29, 1.82) is 0 Å². The summed E-state index contributed by atoms with van der Waals surface area (Å²) in [6, 6.07) is 11.5. The smallest absolute Gasteiger partial charge is 0.241 e. The number of nitrogens with one attached hydrogen (secondary N) is 1. The highest BCUT2D eigenvalue weighted by atomic mass is 35.5. The third-order valence-electron chi connectivity index (χ3n) is 4.10. The van der Waals surface area contributed by atoms with Crippen molar-refractivity contribution in [2.24, 2.45) is 0 Å². The minimum Gasteiger partial charge on any atom is -0.497 e. The number of hydrogen-bond donors (Lipinski definition) is 1. The van der Waals surface area contributed by atoms with Crippen LogP contribution in [0.1, 0.15) is 18.5 Å². The normalized spacial score (nSPS) is 12.2. The van der Waals surface area contributed by atoms with Gasteiger partial charge in [0.15, 0.2) is 0 Å². The number of nitrogens with zero attached hydrogens (tertiary/aromatic N) is 1. The van der Waals surface area contributed by atoms with E-state index in [1.54, 1.807) is 25.3 Å². The standard InChI is InChI=1S/C19H23ClN2O5S/c1-13(14-5-8-16(26-2)9-6-14)21-19(23)12-22(28(4,24)25)15-7-10-18(27-3)17(20)11-15/h5-11,13H,12H2,1-4H3,(H,21,23)/t13-/m0/s1. The van der Waals surface area contributed by atoms with Crippen LogP contribution in [0, 0.1) is 0 Å². The molecule has 0 aromatic heterocycles. The minimum absolute atomic E-state index is 0.251. The monoisotopic (exact) mass is 426 g/mol. The predicted molar refractivity (Wildman–Crippen MR) is 110 cm³/mol. The van der Waals surface area contributed by atoms with Gasteiger partial charge in [-0.3, -0.25) is 9.10 Å². The largest absolute Gasteiger partial charge is 0.497 e. The Labute approximate surface area is 170 Å². The van der Waals surface area contributed by atoms with E-state index in [2.05, 4.69) is 5.32 Å². The number of sulfonamides is 1. The van der Waals surface area contributed by atoms with Gasteiger partial charge in [0.25, 0.3) is 0 Å². The van der Waals surface area contributed by atoms with Crippen molar-refractivity contribution in [3.63, 3.8) is 0 Å². The third-order valence-corrected chi connectivity index (χ3v) is 5.54. The maximum atomic E-state index is 12.5. The maximum Gasteiger partial charge on any atom is 0.241 e. The van der Waals surface area contributed by atoms with E-state index < -0.39 is 15.9 Å². The first-order valence-electron chi connectivity index (χ1n) is 8.40. The molecule has 0 spiro atoms. The zero-order valence-corrected chi connectivity index (χ0v) is 17.7. The summed E-state index contributed by atoms with van der Waals surface area (Å²) in [4.78, 5) is 12.5. The lowest BCUT2D eigenvalue weighted by Crippen LogP contribution is -2.41. The van der Waals surface area contributed by atoms with Crippen LogP contribution in [0.5, 0.6) is 11.5 Å². The van der Waals surface area contributed by atoms with Gasteiger partial charge < -0.3 is 14.8 Å². The van der Waals surface area contributed by atoms with E-state index in [1.807, 2.05) is 19.1 Å². The van der Waals surface area contributed by atoms with Gasteiger partial charge in [0, 0.05) is 0 Å². The molecule has 0 fully saturated rings. The molecule has 2 rings (SSSR count). The molecule has 2 aromatic rings. The Morgan fingerprint density at radius 2 is 1.79 bits per heavy atom. The fourth-order valence-corrected chi connectivity index (χ4v) is 3.70. The van der Waals surface area contributed by atoms with Crippen LogP contribution in [-0.4, -0.2) is 41.3 Å². The van der Waals surface area contributed by atoms with E-state index in [0.29, 0.717) is 11.5 Å². The highest BCUT2D eigenvalue weighted by Gasteiger charge is 2.22. The molecule has 0 aliphatic heterocycles. The Hall–Kier alpha value is -2.45. The second-order valence-corrected chi connectivity index (χ2v) is 8.46. The molecule has 7 nitrogen and oxygen atoms in total. The van der Waals surface area contributed by atoms with Gasteiger partial charge in [-0.2, -0.15) is 0 Å². The number of carbonyl (C=O) groups is 1. The molecule has 0 unspecified atom stereocenters. The van der Waals surface area contributed by atoms with Gasteiger partial charge in [-0.1, -0.05) is 23.7 Å². The zero-order chi connectivity index (χ0) is 20.9. The lowest BCUT2D eigenvalue weighted by molar-refractivity contribution is -0.120. The molecule has 152 valence electrons. The van der Waals surface area contributed by atoms with E-state index in [9.17, 15) is 13.2 Å². The zero-order valence-electron chi connectivity index (χ0n) is 16.1. The quantitative estimate of drug-likeness (QED) is 0.701. The van der Waals surface area contributed by atoms with Crippen molar-refractivity contribution >= 4 is 33.2 Å². The number of benzene rings is 2. The Morgan fingerprint density at radius 3 is 2.29 bits per heavy atom. The first-order chi connectivity index (χ1) is 13.2. The van der Waals surface area contributed by atoms with Gasteiger partial charge in [-0.05, 0) is 42.8 Å². The van der Waals surface area contributed by atoms with Crippen molar-refractivity contribution in [3.05, 3.63) is 53.1 Å². The molecule has 0 bridgehead atoms. The second-order valence-electron chi connectivity index (χ2n) is 6.15. The maximum absolute atomic E-state index is 12.5. The Balaban J connectivity index is 2.15. The fraction of sp³-hybridized carbons (Fsp3) is 0.316. The van der Waals surface area contributed by atoms with Crippen molar-refractivity contribution in [2.75, 3.05) is 31.3 Å². The number of methoxy groups -OCH3 is 2. The predicted octanol–water partition coefficient (Wildman–Crippen LogP) is 3.00. The van der Waals surface area contributed by atoms with Crippen LogP contribution >= 0.6 is 11.6 Å². The number of amides is 1. The van der Waals surface area contributed by atoms with Gasteiger partial charge in [0.1, 0.15) is 18.0 Å². The molecule has 0 saturated carbocycles. The molecule has 0 heterocycles. The number of anilines is 1. The van der Waals surface area contributed by atoms with Gasteiger partial charge in [-0.15, -0.1) is 0 Å². The average molecular weight is 427 g/mol. The second kappa shape index (κ2) is 9.16. The molecular formula is C19H23ClN2O5S. The summed E-state index contributed by atoms with van der Waals surface area (Å²) in [7, 11) is -0.666. The molecule has 0 aliphatic rings. The first-order valence-corrected chi connectivity index (χ1v) is 10.6. The molecule has 28 heavy (non-hydrogen) atoms. The highest BCUT2D eigenvalue weighted by Crippen LogP contribution is 2.30. The van der Waals surface area contributed by atoms with E-state index in [0.717, 1.165) is 16.1 Å². The summed E-state index contributed by atoms with van der Waals surface area (Å²) in [6.07, 6.45) is 1.03. The van der Waals surface area contributed by atoms with Crippen LogP contribution in [-0.2, 0) is 14.8 Å². The van der Waals surface area contributed by atoms with Crippen molar-refractivity contribution in [2.45, 2.75) is 13.0 Å². The van der Waals surface area contributed by atoms with E-state index >= 15 is 0 Å². The summed E-state index contributed by atoms with van der Waals surface area (Å²) in [5.74, 6) is 0.680. The van der Waals surface area contributed by atoms with Crippen molar-refractivity contribution < 1.29 is 22.7 Å². The summed E-state index contributed by atoms with van der Waals surface area (Å²) in [6.45, 7) is 1.44. The molecule has 0 saturated heterocycles. The minimum atomic E-state index is -3.70. The summed E-state index contributed by atoms with van der Waals surface area (Å²) < 4.78 is 35.6. The van der Waals surface area contributed by atoms with Gasteiger partial charge >= 0.3 is 0 Å². The number of rotatable bonds is 8. The molecule has 2 aromatic carbocycles. The Kier molecular flexibility index (Phi) is 7.15. The summed E-state index contributed by atoms with van der Waals surface area (Å²) in [5.41, 5.74) is 1.15. The molecular weight excluding hydrogens is 404 g/mol. The number of hydrogen-bond acceptors (Lipinski definition) is 5. The molecule has 1 amide bonds. The Morgan fingerprint density at radius 1 is 1.14 bits per heavy atom. The van der Waals surface area contributed by atoms with E-state index in [1.165, 1.54) is 19.2 Å². The first kappa shape index (κ1) is 21.8. The number of ether oxygens (including phenoxy) is 2. The summed E-state index contributed by atoms with van der Waals surface area (Å²) >= 11 is 6.09. The van der Waals surface area contributed by atoms with E-state index in [-0.39, 0.29) is 23.3 Å². The van der Waals surface area contributed by atoms with Crippen LogP contribution in [0.2, 0.25) is 5.02 Å². The molecule has 9 heteroatoms. The topological polar surface area (TPSA) is 84.9 Å². The molecule has 0 aliphatic carbocycles. The van der Waals surface area contributed by atoms with Crippen molar-refractivity contribution in [3.8, 4) is 11.5 Å². The van der Waals surface area contributed by atoms with Crippen LogP contribution in [0.4, 0.5) is 5.69 Å². The summed E-state index contributed by atoms with van der Waals surface area (Å²) in [5, 5.41) is 3.05. The van der Waals surface area contributed by atoms with Crippen LogP contribution < -0.4 is 19.1 Å². The van der Waals surface area contributed by atoms with Crippen LogP contribution in [0.3, 0.4) is 0 Å². The van der Waals surface area contributed by atoms with Crippen LogP contribution in [0.15, 0.2) is 42.5 Å². The lowest BCUT2D eigenvalue weighted by atomic mass is 10.1. The van der Waals surface area contributed by atoms with Crippen molar-refractivity contribution in [1.82, 2.24) is 5.32 Å². The highest BCUT2D eigenvalue weighted by molar-refractivity contribution is 7.92. The molecule has 1 N–H and O–H groups in total. The third kappa shape index (κ3) is 5.53. The molecule has 1 atom stereocenters. The Bertz CT molecular complexity index is 932. The SMILES string of the molecule is COc1ccc([C@H](C)NC(=O)CN(c2ccc(OC)c(Cl)c2)S(C)(=O)=O)cc1. The lowest BCUT2D eigenvalue weighted by Gasteiger charge is -2.24. The van der Waals surface area contributed by atoms with Gasteiger partial charge in [0.2, 0.25) is 15.9 Å². The number of halogens is 1. The van der Waals surface area contributed by atoms with Gasteiger partial charge in [-0.25, -0.2) is 8.42 Å². The van der Waals surface area contributed by atoms with E-state index in [4.69, 9.17) is 21.1 Å². The fourth-order valence-electron chi connectivity index (χ4n) is 2.60. The average Bonchev–Trinajstić information content (AvgIpc) is 2.65. The van der Waals surface area contributed by atoms with Crippen LogP contribution in [0.25, 0.3) is 0 Å². The van der Waals surface area contributed by atoms with Gasteiger partial charge in [0.05, 0.1) is 37.2 Å². The molecule has 0 radical (unpaired) electrons. The number of carbonyl (C=O) groups excluding carboxylic acids is 1.